The van der Waals surface area contributed by atoms with Gasteiger partial charge in [0.1, 0.15) is 67.1 Å². The van der Waals surface area contributed by atoms with Gasteiger partial charge in [0.15, 0.2) is 12.6 Å². The third kappa shape index (κ3) is 7.57. The summed E-state index contributed by atoms with van der Waals surface area (Å²) >= 11 is 0. The Morgan fingerprint density at radius 3 is 2.08 bits per heavy atom. The third-order valence-electron chi connectivity index (χ3n) is 18.8. The lowest BCUT2D eigenvalue weighted by atomic mass is 9.33. The number of hydrogen-bond acceptors (Lipinski definition) is 18. The van der Waals surface area contributed by atoms with E-state index in [2.05, 4.69) is 33.4 Å². The van der Waals surface area contributed by atoms with E-state index >= 15 is 0 Å². The van der Waals surface area contributed by atoms with Crippen molar-refractivity contribution in [3.8, 4) is 0 Å². The maximum atomic E-state index is 14.8. The number of carboxylic acid groups (broad SMARTS) is 1. The zero-order chi connectivity index (χ0) is 48.2. The van der Waals surface area contributed by atoms with Crippen molar-refractivity contribution in [3.05, 3.63) is 23.8 Å². The number of aliphatic carboxylic acids is 1. The van der Waals surface area contributed by atoms with Gasteiger partial charge in [0.25, 0.3) is 0 Å². The molecular weight excluding hydrogens is 868 g/mol. The molecule has 19 nitrogen and oxygen atoms in total. The number of carbonyl (C=O) groups is 2. The third-order valence-corrected chi connectivity index (χ3v) is 18.8. The molecule has 0 aromatic rings. The van der Waals surface area contributed by atoms with Crippen LogP contribution in [0.2, 0.25) is 0 Å². The Balaban J connectivity index is 0.970. The largest absolute Gasteiger partial charge is 0.481 e. The highest BCUT2D eigenvalue weighted by Gasteiger charge is 2.71. The highest BCUT2D eigenvalue weighted by atomic mass is 16.8. The molecule has 0 spiro atoms. The number of ether oxygens (including phenoxy) is 6. The van der Waals surface area contributed by atoms with E-state index in [1.54, 1.807) is 6.92 Å². The summed E-state index contributed by atoms with van der Waals surface area (Å²) in [5.41, 5.74) is -1.16. The van der Waals surface area contributed by atoms with E-state index in [0.717, 1.165) is 17.6 Å². The normalized spacial score (nSPS) is 53.9. The van der Waals surface area contributed by atoms with Crippen LogP contribution in [0.5, 0.6) is 0 Å². The summed E-state index contributed by atoms with van der Waals surface area (Å²) in [7, 11) is 0. The van der Waals surface area contributed by atoms with Crippen LogP contribution in [0.4, 0.5) is 0 Å². The quantitative estimate of drug-likeness (QED) is 0.105. The molecule has 8 rings (SSSR count). The van der Waals surface area contributed by atoms with E-state index < -0.39 is 134 Å². The summed E-state index contributed by atoms with van der Waals surface area (Å²) in [6, 6.07) is 0. The number of rotatable bonds is 9. The van der Waals surface area contributed by atoms with Crippen molar-refractivity contribution in [1.82, 2.24) is 0 Å². The first-order valence-corrected chi connectivity index (χ1v) is 23.7. The molecule has 374 valence electrons. The summed E-state index contributed by atoms with van der Waals surface area (Å²) in [4.78, 5) is 27.6. The van der Waals surface area contributed by atoms with E-state index in [-0.39, 0.29) is 34.0 Å². The van der Waals surface area contributed by atoms with E-state index in [1.807, 2.05) is 0 Å². The second-order valence-corrected chi connectivity index (χ2v) is 21.8. The lowest BCUT2D eigenvalue weighted by Gasteiger charge is -2.70. The number of esters is 1. The van der Waals surface area contributed by atoms with Gasteiger partial charge in [-0.1, -0.05) is 44.6 Å². The fraction of sp³-hybridized carbons (Fsp3) is 0.872. The number of aliphatic hydroxyl groups is 10. The number of carbonyl (C=O) groups excluding carboxylic acids is 1. The molecule has 3 heterocycles. The highest BCUT2D eigenvalue weighted by molar-refractivity contribution is 5.79. The van der Waals surface area contributed by atoms with Crippen LogP contribution >= 0.6 is 0 Å². The van der Waals surface area contributed by atoms with Crippen molar-refractivity contribution in [2.75, 3.05) is 13.2 Å². The van der Waals surface area contributed by atoms with E-state index in [1.165, 1.54) is 6.92 Å². The minimum atomic E-state index is -1.87. The standard InChI is InChI=1S/C47H72O19/c1-20-9-14-47(16-15-44(4)22(23(47)17-20)7-8-26-43(3)12-11-28(49)46(6,41(58)59)27(43)10-13-45(26,44)5)42(60)66-40-35(56)32(53)30(51)25(64-40)19-61-38-36(57)33(54)37(24(18-48)63-38)65-39-34(55)31(52)29(50)21(2)62-39/h7,21,23-40,48-57H,1,8-19H2,2-6H3,(H,58,59)/t21-,23+,24-,25-,26?,27?,28+,29+,30-,31-,32-,33+,34-,35-,36-,37-,38-,39+,40+,43-,44-,45-,46+,47+/m1/s1. The van der Waals surface area contributed by atoms with Gasteiger partial charge in [0, 0.05) is 5.92 Å². The molecule has 3 aliphatic heterocycles. The van der Waals surface area contributed by atoms with Crippen molar-refractivity contribution in [2.45, 2.75) is 197 Å². The summed E-state index contributed by atoms with van der Waals surface area (Å²) in [6.45, 7) is 12.9. The van der Waals surface area contributed by atoms with E-state index in [0.29, 0.717) is 57.8 Å². The van der Waals surface area contributed by atoms with Crippen molar-refractivity contribution < 1.29 is 94.2 Å². The summed E-state index contributed by atoms with van der Waals surface area (Å²) < 4.78 is 34.5. The lowest BCUT2D eigenvalue weighted by molar-refractivity contribution is -0.361. The van der Waals surface area contributed by atoms with Gasteiger partial charge in [-0.05, 0) is 106 Å². The number of aliphatic hydroxyl groups excluding tert-OH is 10. The van der Waals surface area contributed by atoms with Crippen LogP contribution in [0.1, 0.15) is 98.8 Å². The first-order chi connectivity index (χ1) is 30.9. The lowest BCUT2D eigenvalue weighted by Crippen LogP contribution is -2.66. The monoisotopic (exact) mass is 940 g/mol. The van der Waals surface area contributed by atoms with Crippen LogP contribution in [0.15, 0.2) is 23.8 Å². The molecule has 7 fully saturated rings. The predicted molar refractivity (Wildman–Crippen MR) is 226 cm³/mol. The number of hydrogen-bond donors (Lipinski definition) is 11. The van der Waals surface area contributed by atoms with Crippen LogP contribution in [0.3, 0.4) is 0 Å². The van der Waals surface area contributed by atoms with Crippen molar-refractivity contribution in [3.63, 3.8) is 0 Å². The van der Waals surface area contributed by atoms with Crippen LogP contribution in [0.25, 0.3) is 0 Å². The second-order valence-electron chi connectivity index (χ2n) is 21.8. The average Bonchev–Trinajstić information content (AvgIpc) is 3.28. The highest BCUT2D eigenvalue weighted by Crippen LogP contribution is 2.75. The zero-order valence-electron chi connectivity index (χ0n) is 38.4. The van der Waals surface area contributed by atoms with Gasteiger partial charge in [-0.2, -0.15) is 0 Å². The number of fused-ring (bicyclic) bond motifs is 7. The molecule has 24 atom stereocenters. The molecule has 0 aromatic heterocycles. The first-order valence-electron chi connectivity index (χ1n) is 23.7. The van der Waals surface area contributed by atoms with E-state index in [9.17, 15) is 65.8 Å². The Morgan fingerprint density at radius 2 is 1.39 bits per heavy atom. The molecule has 0 aromatic carbocycles. The van der Waals surface area contributed by atoms with Crippen molar-refractivity contribution in [2.24, 2.45) is 44.8 Å². The molecule has 0 bridgehead atoms. The van der Waals surface area contributed by atoms with Gasteiger partial charge in [-0.15, -0.1) is 0 Å². The molecule has 11 N–H and O–H groups in total. The Morgan fingerprint density at radius 1 is 0.742 bits per heavy atom. The molecule has 8 aliphatic rings. The van der Waals surface area contributed by atoms with Gasteiger partial charge in [-0.25, -0.2) is 0 Å². The fourth-order valence-corrected chi connectivity index (χ4v) is 14.4. The molecule has 0 radical (unpaired) electrons. The van der Waals surface area contributed by atoms with Crippen LogP contribution < -0.4 is 0 Å². The van der Waals surface area contributed by atoms with E-state index in [4.69, 9.17) is 28.4 Å². The van der Waals surface area contributed by atoms with Crippen LogP contribution in [0, 0.1) is 44.8 Å². The molecule has 5 aliphatic carbocycles. The van der Waals surface area contributed by atoms with Crippen molar-refractivity contribution in [1.29, 1.82) is 0 Å². The van der Waals surface area contributed by atoms with Gasteiger partial charge in [-0.3, -0.25) is 9.59 Å². The molecule has 3 saturated heterocycles. The van der Waals surface area contributed by atoms with Crippen molar-refractivity contribution >= 4 is 11.9 Å². The Labute approximate surface area is 384 Å². The summed E-state index contributed by atoms with van der Waals surface area (Å²) in [5.74, 6) is -2.00. The minimum absolute atomic E-state index is 0.125. The molecule has 66 heavy (non-hydrogen) atoms. The summed E-state index contributed by atoms with van der Waals surface area (Å²) in [5, 5.41) is 118. The fourth-order valence-electron chi connectivity index (χ4n) is 14.4. The first kappa shape index (κ1) is 50.2. The predicted octanol–water partition coefficient (Wildman–Crippen LogP) is -0.237. The Kier molecular flexibility index (Phi) is 13.6. The second kappa shape index (κ2) is 17.9. The van der Waals surface area contributed by atoms with Gasteiger partial charge in [0.05, 0.1) is 36.3 Å². The Hall–Kier alpha value is -2.18. The summed E-state index contributed by atoms with van der Waals surface area (Å²) in [6.07, 6.45) is -17.4. The minimum Gasteiger partial charge on any atom is -0.481 e. The van der Waals surface area contributed by atoms with Crippen LogP contribution in [-0.2, 0) is 38.0 Å². The SMILES string of the molecule is C=C1CC[C@]2(C(=O)O[C@@H]3O[C@H](CO[C@@H]4O[C@H](CO)[C@@H](O[C@@H]5O[C@H](C)[C@H](O)[C@@H](O)[C@H]5O)[C@@H](O)[C@H]4O)[C@@H](O)[C@@H](O)[C@H]3O)CC[C@]3(C)C(=CCC4[C@@]5(C)CC[C@H](O)[C@@](C)(C(=O)O)C5CC[C@]43C)[C@@H]2C1. The maximum absolute atomic E-state index is 14.8. The molecular formula is C47H72O19. The zero-order valence-corrected chi connectivity index (χ0v) is 38.4. The number of carboxylic acids is 1. The van der Waals surface area contributed by atoms with Crippen LogP contribution in [-0.4, -0.2) is 180 Å². The average molecular weight is 941 g/mol. The molecule has 4 saturated carbocycles. The molecule has 19 heteroatoms. The van der Waals surface area contributed by atoms with Gasteiger partial charge >= 0.3 is 11.9 Å². The van der Waals surface area contributed by atoms with Gasteiger partial charge in [0.2, 0.25) is 6.29 Å². The van der Waals surface area contributed by atoms with Gasteiger partial charge < -0.3 is 84.6 Å². The number of allylic oxidation sites excluding steroid dienone is 3. The topological polar surface area (TPSA) is 312 Å². The molecule has 2 unspecified atom stereocenters. The molecule has 0 amide bonds. The Bertz CT molecular complexity index is 1880. The smallest absolute Gasteiger partial charge is 0.315 e. The maximum Gasteiger partial charge on any atom is 0.315 e.